The largest absolute Gasteiger partial charge is 0.473 e. The molecule has 0 aliphatic heterocycles. The van der Waals surface area contributed by atoms with Crippen LogP contribution in [0.3, 0.4) is 0 Å². The first kappa shape index (κ1) is 45.1. The summed E-state index contributed by atoms with van der Waals surface area (Å²) in [6.07, 6.45) is 3.92. The van der Waals surface area contributed by atoms with Gasteiger partial charge in [0.1, 0.15) is 0 Å². The number of aromatic amines is 1. The Morgan fingerprint density at radius 2 is 1.23 bits per heavy atom. The van der Waals surface area contributed by atoms with Gasteiger partial charge in [-0.25, -0.2) is 9.97 Å². The fourth-order valence-electron chi connectivity index (χ4n) is 2.21. The average Bonchev–Trinajstić information content (AvgIpc) is 2.83. The first-order valence-electron chi connectivity index (χ1n) is 11.6. The number of anilines is 1. The summed E-state index contributed by atoms with van der Waals surface area (Å²) in [6, 6.07) is 3.83. The van der Waals surface area contributed by atoms with Crippen LogP contribution in [-0.4, -0.2) is 40.9 Å². The van der Waals surface area contributed by atoms with E-state index in [1.807, 2.05) is 13.8 Å². The fraction of sp³-hybridized carbons (Fsp3) is 0.360. The number of nitrogens with two attached hydrogens (primary N) is 1. The Balaban J connectivity index is -0.000000516. The zero-order chi connectivity index (χ0) is 31.9. The van der Waals surface area contributed by atoms with Gasteiger partial charge in [0, 0.05) is 48.9 Å². The molecule has 0 saturated heterocycles. The van der Waals surface area contributed by atoms with Crippen molar-refractivity contribution in [3.05, 3.63) is 89.9 Å². The summed E-state index contributed by atoms with van der Waals surface area (Å²) in [5, 5.41) is 21.6. The summed E-state index contributed by atoms with van der Waals surface area (Å²) in [5.41, 5.74) is 4.56. The molecule has 0 bridgehead atoms. The molecule has 0 amide bonds. The van der Waals surface area contributed by atoms with Gasteiger partial charge in [-0.3, -0.25) is 25.0 Å². The van der Waals surface area contributed by atoms with Crippen LogP contribution in [0.5, 0.6) is 11.8 Å². The third-order valence-electron chi connectivity index (χ3n) is 3.58. The minimum atomic E-state index is -0.787. The van der Waals surface area contributed by atoms with Crippen LogP contribution in [0.4, 0.5) is 17.1 Å². The number of nitrogens with zero attached hydrogens (tertiary/aromatic N) is 4. The summed E-state index contributed by atoms with van der Waals surface area (Å²) in [7, 11) is 0. The number of H-pyrrole nitrogens is 1. The van der Waals surface area contributed by atoms with Crippen LogP contribution >= 0.6 is 57.4 Å². The number of halogens is 4. The number of aromatic nitrogens is 3. The fourth-order valence-corrected chi connectivity index (χ4v) is 2.68. The third kappa shape index (κ3) is 20.3. The van der Waals surface area contributed by atoms with Gasteiger partial charge in [0.15, 0.2) is 0 Å². The number of nitro groups is 2. The van der Waals surface area contributed by atoms with Crippen LogP contribution in [0, 0.1) is 27.7 Å². The number of alkyl halides is 1. The molecule has 0 aliphatic rings. The number of nitrogens with one attached hydrogen (secondary N) is 1. The van der Waals surface area contributed by atoms with Gasteiger partial charge in [-0.1, -0.05) is 71.2 Å². The van der Waals surface area contributed by atoms with E-state index in [-0.39, 0.29) is 61.7 Å². The van der Waals surface area contributed by atoms with Crippen LogP contribution in [-0.2, 0) is 20.4 Å². The predicted molar refractivity (Wildman–Crippen MR) is 175 cm³/mol. The summed E-state index contributed by atoms with van der Waals surface area (Å²) in [4.78, 5) is 39.8. The van der Waals surface area contributed by atoms with E-state index in [4.69, 9.17) is 50.0 Å². The molecule has 3 rings (SSSR count). The van der Waals surface area contributed by atoms with Gasteiger partial charge in [0.2, 0.25) is 5.88 Å². The molecule has 0 fully saturated rings. The van der Waals surface area contributed by atoms with Crippen LogP contribution in [0.15, 0.2) is 41.6 Å². The van der Waals surface area contributed by atoms with Crippen molar-refractivity contribution in [1.82, 2.24) is 15.0 Å². The number of rotatable bonds is 6. The molecule has 0 saturated carbocycles. The first-order valence-corrected chi connectivity index (χ1v) is 14.0. The van der Waals surface area contributed by atoms with E-state index in [0.29, 0.717) is 16.6 Å². The summed E-state index contributed by atoms with van der Waals surface area (Å²) in [6.45, 7) is 11.7. The van der Waals surface area contributed by atoms with Gasteiger partial charge in [0.05, 0.1) is 49.0 Å². The third-order valence-corrected chi connectivity index (χ3v) is 4.21. The van der Waals surface area contributed by atoms with Crippen molar-refractivity contribution in [2.45, 2.75) is 57.7 Å². The van der Waals surface area contributed by atoms with E-state index in [9.17, 15) is 25.0 Å². The molecule has 3 aromatic rings. The predicted octanol–water partition coefficient (Wildman–Crippen LogP) is 7.75. The number of pyridine rings is 3. The van der Waals surface area contributed by atoms with E-state index in [1.165, 1.54) is 24.7 Å². The van der Waals surface area contributed by atoms with E-state index >= 15 is 0 Å². The molecule has 0 radical (unpaired) electrons. The van der Waals surface area contributed by atoms with Gasteiger partial charge in [-0.15, -0.1) is 0 Å². The van der Waals surface area contributed by atoms with Crippen LogP contribution in [0.1, 0.15) is 41.5 Å². The standard InChI is InChI=1S/C8H9ClN2O3.C8H11ClN2O.C5H3ClN2O3.C3H7I.CH3.Pd/c1-5(2)14-8-7(11(12)13)3-6(9)4-10-8;1-5(2)12-8-7(10)3-6(9)4-11-8;6-3-1-4(8(10)11)5(9)7-2-3;1-3(2)4;;/h3-5H,1-2H3;3-5H,10H2,1-2H3;1-2H,(H,7,9);3H,1-2H3;1H3;/q;;;;-1;. The summed E-state index contributed by atoms with van der Waals surface area (Å²) >= 11 is 19.0. The van der Waals surface area contributed by atoms with Crippen molar-refractivity contribution in [3.8, 4) is 11.8 Å². The molecule has 244 valence electrons. The Morgan fingerprint density at radius 3 is 1.63 bits per heavy atom. The zero-order valence-corrected chi connectivity index (χ0v) is 30.2. The SMILES string of the molecule is CC(C)I.CC(C)Oc1ncc(Cl)cc1N.CC(C)Oc1ncc(Cl)cc1[N+](=O)[O-].O=c1[nH]cc(Cl)cc1[N+](=O)[O-].[CH3-].[Pd]. The monoisotopic (exact) mass is 867 g/mol. The summed E-state index contributed by atoms with van der Waals surface area (Å²) in [5.74, 6) is 0.434. The van der Waals surface area contributed by atoms with E-state index < -0.39 is 21.1 Å². The molecule has 0 unspecified atom stereocenters. The van der Waals surface area contributed by atoms with Crippen molar-refractivity contribution in [3.63, 3.8) is 0 Å². The molecule has 43 heavy (non-hydrogen) atoms. The molecule has 3 N–H and O–H groups in total. The Bertz CT molecular complexity index is 1350. The van der Waals surface area contributed by atoms with Gasteiger partial charge in [0.25, 0.3) is 5.88 Å². The Hall–Kier alpha value is -2.29. The maximum atomic E-state index is 10.7. The smallest absolute Gasteiger partial charge is 0.335 e. The number of hydrogen-bond donors (Lipinski definition) is 2. The molecular weight excluding hydrogens is 836 g/mol. The molecular formula is C25H33Cl3IN6O7Pd-. The van der Waals surface area contributed by atoms with E-state index in [2.05, 4.69) is 51.4 Å². The average molecular weight is 869 g/mol. The minimum absolute atomic E-state index is 0. The Kier molecular flexibility index (Phi) is 24.3. The number of hydrogen-bond acceptors (Lipinski definition) is 10. The zero-order valence-electron chi connectivity index (χ0n) is 24.2. The maximum Gasteiger partial charge on any atom is 0.335 e. The minimum Gasteiger partial charge on any atom is -0.473 e. The van der Waals surface area contributed by atoms with Crippen LogP contribution in [0.25, 0.3) is 0 Å². The van der Waals surface area contributed by atoms with Crippen LogP contribution in [0.2, 0.25) is 15.1 Å². The topological polar surface area (TPSA) is 189 Å². The van der Waals surface area contributed by atoms with Gasteiger partial charge in [-0.2, -0.15) is 0 Å². The van der Waals surface area contributed by atoms with Gasteiger partial charge >= 0.3 is 16.9 Å². The van der Waals surface area contributed by atoms with Crippen molar-refractivity contribution in [1.29, 1.82) is 0 Å². The van der Waals surface area contributed by atoms with Gasteiger partial charge < -0.3 is 27.6 Å². The molecule has 0 aromatic carbocycles. The number of nitrogen functional groups attached to an aromatic ring is 1. The van der Waals surface area contributed by atoms with Crippen molar-refractivity contribution >= 4 is 74.5 Å². The molecule has 3 aromatic heterocycles. The second-order valence-corrected chi connectivity index (χ2v) is 12.2. The van der Waals surface area contributed by atoms with Crippen molar-refractivity contribution in [2.75, 3.05) is 5.73 Å². The Morgan fingerprint density at radius 1 is 0.837 bits per heavy atom. The molecule has 0 atom stereocenters. The molecule has 13 nitrogen and oxygen atoms in total. The normalized spacial score (nSPS) is 9.51. The van der Waals surface area contributed by atoms with Crippen molar-refractivity contribution < 1.29 is 39.7 Å². The number of ether oxygens (including phenoxy) is 2. The van der Waals surface area contributed by atoms with Gasteiger partial charge in [-0.05, 0) is 33.8 Å². The maximum absolute atomic E-state index is 10.7. The molecule has 0 spiro atoms. The van der Waals surface area contributed by atoms with Crippen LogP contribution < -0.4 is 20.8 Å². The van der Waals surface area contributed by atoms with E-state index in [1.54, 1.807) is 19.9 Å². The molecule has 18 heteroatoms. The second kappa shape index (κ2) is 23.1. The van der Waals surface area contributed by atoms with Crippen molar-refractivity contribution in [2.24, 2.45) is 0 Å². The second-order valence-electron chi connectivity index (χ2n) is 8.42. The Labute approximate surface area is 292 Å². The van der Waals surface area contributed by atoms with E-state index in [0.717, 1.165) is 9.99 Å². The quantitative estimate of drug-likeness (QED) is 0.0619. The molecule has 3 heterocycles. The summed E-state index contributed by atoms with van der Waals surface area (Å²) < 4.78 is 11.3. The first-order chi connectivity index (χ1) is 18.9. The molecule has 0 aliphatic carbocycles.